The number of hydrogen-bond donors (Lipinski definition) is 1. The topological polar surface area (TPSA) is 56.2 Å². The first-order valence-electron chi connectivity index (χ1n) is 4.60. The van der Waals surface area contributed by atoms with E-state index in [-0.39, 0.29) is 0 Å². The molecule has 0 bridgehead atoms. The van der Waals surface area contributed by atoms with Crippen LogP contribution < -0.4 is 5.73 Å². The van der Waals surface area contributed by atoms with Crippen LogP contribution in [-0.4, -0.2) is 14.4 Å². The summed E-state index contributed by atoms with van der Waals surface area (Å²) in [5, 5.41) is 0. The van der Waals surface area contributed by atoms with Gasteiger partial charge in [-0.3, -0.25) is 4.40 Å². The molecule has 2 N–H and O–H groups in total. The maximum Gasteiger partial charge on any atom is 0.206 e. The van der Waals surface area contributed by atoms with Crippen molar-refractivity contribution in [2.45, 2.75) is 27.7 Å². The zero-order valence-electron chi connectivity index (χ0n) is 8.92. The summed E-state index contributed by atoms with van der Waals surface area (Å²) in [6.45, 7) is 8.01. The molecular weight excluding hydrogens is 176 g/mol. The Hall–Kier alpha value is -1.58. The monoisotopic (exact) mass is 190 g/mol. The molecule has 2 aromatic rings. The van der Waals surface area contributed by atoms with Crippen LogP contribution in [0.3, 0.4) is 0 Å². The second-order valence-corrected chi connectivity index (χ2v) is 3.62. The smallest absolute Gasteiger partial charge is 0.206 e. The highest BCUT2D eigenvalue weighted by Crippen LogP contribution is 2.18. The predicted octanol–water partition coefficient (Wildman–Crippen LogP) is 1.55. The van der Waals surface area contributed by atoms with Crippen LogP contribution in [-0.2, 0) is 0 Å². The van der Waals surface area contributed by atoms with E-state index in [0.717, 1.165) is 22.7 Å². The van der Waals surface area contributed by atoms with E-state index >= 15 is 0 Å². The SMILES string of the molecule is Cc1nc2c(C)nc(N)n2c(C)c1C. The lowest BCUT2D eigenvalue weighted by molar-refractivity contribution is 0.992. The summed E-state index contributed by atoms with van der Waals surface area (Å²) in [7, 11) is 0. The second kappa shape index (κ2) is 2.70. The maximum absolute atomic E-state index is 5.81. The van der Waals surface area contributed by atoms with E-state index in [1.165, 1.54) is 5.56 Å². The molecular formula is C10H14N4. The normalized spacial score (nSPS) is 11.1. The first-order chi connectivity index (χ1) is 6.52. The highest BCUT2D eigenvalue weighted by atomic mass is 15.2. The minimum Gasteiger partial charge on any atom is -0.369 e. The number of aromatic nitrogens is 3. The van der Waals surface area contributed by atoms with Gasteiger partial charge in [0.25, 0.3) is 0 Å². The van der Waals surface area contributed by atoms with Crippen molar-refractivity contribution in [1.29, 1.82) is 0 Å². The number of nitrogens with two attached hydrogens (primary N) is 1. The Morgan fingerprint density at radius 1 is 1.00 bits per heavy atom. The molecule has 0 amide bonds. The summed E-state index contributed by atoms with van der Waals surface area (Å²) in [4.78, 5) is 8.69. The Bertz CT molecular complexity index is 511. The minimum absolute atomic E-state index is 0.519. The van der Waals surface area contributed by atoms with Crippen LogP contribution in [0.2, 0.25) is 0 Å². The van der Waals surface area contributed by atoms with Crippen LogP contribution in [0.15, 0.2) is 0 Å². The third kappa shape index (κ3) is 0.999. The molecule has 0 spiro atoms. The van der Waals surface area contributed by atoms with E-state index in [0.29, 0.717) is 5.95 Å². The van der Waals surface area contributed by atoms with Gasteiger partial charge in [0, 0.05) is 11.4 Å². The molecule has 0 aliphatic rings. The summed E-state index contributed by atoms with van der Waals surface area (Å²) in [6.07, 6.45) is 0. The fourth-order valence-electron chi connectivity index (χ4n) is 1.68. The van der Waals surface area contributed by atoms with E-state index < -0.39 is 0 Å². The fourth-order valence-corrected chi connectivity index (χ4v) is 1.68. The molecule has 0 fully saturated rings. The number of rotatable bonds is 0. The van der Waals surface area contributed by atoms with Crippen molar-refractivity contribution in [2.24, 2.45) is 0 Å². The van der Waals surface area contributed by atoms with Crippen molar-refractivity contribution in [1.82, 2.24) is 14.4 Å². The van der Waals surface area contributed by atoms with Gasteiger partial charge in [-0.2, -0.15) is 0 Å². The molecule has 0 radical (unpaired) electrons. The van der Waals surface area contributed by atoms with Gasteiger partial charge in [0.05, 0.1) is 5.69 Å². The summed E-state index contributed by atoms with van der Waals surface area (Å²) in [5.74, 6) is 0.519. The maximum atomic E-state index is 5.81. The van der Waals surface area contributed by atoms with E-state index in [4.69, 9.17) is 5.73 Å². The number of nitrogens with zero attached hydrogens (tertiary/aromatic N) is 3. The zero-order valence-corrected chi connectivity index (χ0v) is 8.92. The van der Waals surface area contributed by atoms with Crippen LogP contribution in [0.4, 0.5) is 5.95 Å². The van der Waals surface area contributed by atoms with Gasteiger partial charge in [0.1, 0.15) is 0 Å². The lowest BCUT2D eigenvalue weighted by Gasteiger charge is -2.07. The molecule has 2 rings (SSSR count). The van der Waals surface area contributed by atoms with Gasteiger partial charge in [-0.15, -0.1) is 0 Å². The fraction of sp³-hybridized carbons (Fsp3) is 0.400. The highest BCUT2D eigenvalue weighted by molar-refractivity contribution is 5.53. The van der Waals surface area contributed by atoms with Crippen molar-refractivity contribution < 1.29 is 0 Å². The van der Waals surface area contributed by atoms with Crippen LogP contribution in [0.25, 0.3) is 5.65 Å². The summed E-state index contributed by atoms with van der Waals surface area (Å²) < 4.78 is 1.90. The molecule has 0 aromatic carbocycles. The molecule has 0 saturated carbocycles. The lowest BCUT2D eigenvalue weighted by atomic mass is 10.2. The Morgan fingerprint density at radius 2 is 1.64 bits per heavy atom. The van der Waals surface area contributed by atoms with Crippen LogP contribution in [0.5, 0.6) is 0 Å². The standard InChI is InChI=1S/C10H14N4/c1-5-6(2)12-9-7(3)13-10(11)14(9)8(5)4/h1-4H3,(H2,11,13). The number of anilines is 1. The van der Waals surface area contributed by atoms with Crippen molar-refractivity contribution in [3.63, 3.8) is 0 Å². The summed E-state index contributed by atoms with van der Waals surface area (Å²) >= 11 is 0. The van der Waals surface area contributed by atoms with Crippen molar-refractivity contribution in [3.8, 4) is 0 Å². The largest absolute Gasteiger partial charge is 0.369 e. The molecule has 74 valence electrons. The van der Waals surface area contributed by atoms with Gasteiger partial charge in [-0.05, 0) is 33.3 Å². The van der Waals surface area contributed by atoms with E-state index in [2.05, 4.69) is 9.97 Å². The highest BCUT2D eigenvalue weighted by Gasteiger charge is 2.11. The van der Waals surface area contributed by atoms with Crippen LogP contribution >= 0.6 is 0 Å². The molecule has 0 atom stereocenters. The average molecular weight is 190 g/mol. The molecule has 0 saturated heterocycles. The van der Waals surface area contributed by atoms with Crippen LogP contribution in [0, 0.1) is 27.7 Å². The zero-order chi connectivity index (χ0) is 10.5. The van der Waals surface area contributed by atoms with Gasteiger partial charge in [0.15, 0.2) is 5.65 Å². The second-order valence-electron chi connectivity index (χ2n) is 3.62. The molecule has 0 aliphatic heterocycles. The average Bonchev–Trinajstić information content (AvgIpc) is 2.38. The minimum atomic E-state index is 0.519. The van der Waals surface area contributed by atoms with Crippen molar-refractivity contribution in [2.75, 3.05) is 5.73 Å². The third-order valence-corrected chi connectivity index (χ3v) is 2.74. The molecule has 4 heteroatoms. The number of fused-ring (bicyclic) bond motifs is 1. The van der Waals surface area contributed by atoms with E-state index in [1.807, 2.05) is 32.1 Å². The molecule has 2 heterocycles. The number of nitrogen functional groups attached to an aromatic ring is 1. The van der Waals surface area contributed by atoms with Gasteiger partial charge in [-0.25, -0.2) is 9.97 Å². The Morgan fingerprint density at radius 3 is 2.29 bits per heavy atom. The third-order valence-electron chi connectivity index (χ3n) is 2.74. The lowest BCUT2D eigenvalue weighted by Crippen LogP contribution is -2.03. The molecule has 0 aliphatic carbocycles. The molecule has 4 nitrogen and oxygen atoms in total. The Balaban J connectivity index is 3.01. The molecule has 0 unspecified atom stereocenters. The number of imidazole rings is 1. The Kier molecular flexibility index (Phi) is 1.74. The van der Waals surface area contributed by atoms with Crippen molar-refractivity contribution >= 4 is 11.6 Å². The Labute approximate surface area is 82.8 Å². The summed E-state index contributed by atoms with van der Waals surface area (Å²) in [6, 6.07) is 0. The van der Waals surface area contributed by atoms with Gasteiger partial charge in [-0.1, -0.05) is 0 Å². The van der Waals surface area contributed by atoms with Crippen molar-refractivity contribution in [3.05, 3.63) is 22.6 Å². The van der Waals surface area contributed by atoms with E-state index in [1.54, 1.807) is 0 Å². The molecule has 2 aromatic heterocycles. The van der Waals surface area contributed by atoms with Gasteiger partial charge >= 0.3 is 0 Å². The quantitative estimate of drug-likeness (QED) is 0.685. The predicted molar refractivity (Wildman–Crippen MR) is 56.3 cm³/mol. The number of aryl methyl sites for hydroxylation is 3. The first kappa shape index (κ1) is 8.99. The number of hydrogen-bond acceptors (Lipinski definition) is 3. The van der Waals surface area contributed by atoms with Gasteiger partial charge < -0.3 is 5.73 Å². The molecule has 14 heavy (non-hydrogen) atoms. The summed E-state index contributed by atoms with van der Waals surface area (Å²) in [5.41, 5.74) is 10.9. The van der Waals surface area contributed by atoms with Crippen LogP contribution in [0.1, 0.15) is 22.6 Å². The first-order valence-corrected chi connectivity index (χ1v) is 4.60. The van der Waals surface area contributed by atoms with Gasteiger partial charge in [0.2, 0.25) is 5.95 Å². The van der Waals surface area contributed by atoms with E-state index in [9.17, 15) is 0 Å².